The van der Waals surface area contributed by atoms with Gasteiger partial charge < -0.3 is 4.74 Å². The summed E-state index contributed by atoms with van der Waals surface area (Å²) in [5.41, 5.74) is 1.89. The fourth-order valence-corrected chi connectivity index (χ4v) is 2.31. The molecule has 0 N–H and O–H groups in total. The van der Waals surface area contributed by atoms with Gasteiger partial charge in [0.2, 0.25) is 0 Å². The normalized spacial score (nSPS) is 12.5. The number of rotatable bonds is 2. The van der Waals surface area contributed by atoms with E-state index in [9.17, 15) is 9.18 Å². The molecule has 0 spiro atoms. The Hall–Kier alpha value is -1.68. The first-order chi connectivity index (χ1) is 8.93. The van der Waals surface area contributed by atoms with Crippen molar-refractivity contribution >= 4 is 28.5 Å². The second kappa shape index (κ2) is 5.13. The molecule has 0 aliphatic rings. The van der Waals surface area contributed by atoms with Crippen molar-refractivity contribution in [3.63, 3.8) is 0 Å². The van der Waals surface area contributed by atoms with Crippen LogP contribution >= 0.6 is 11.6 Å². The zero-order chi connectivity index (χ0) is 14.2. The van der Waals surface area contributed by atoms with E-state index in [4.69, 9.17) is 16.3 Å². The number of carbonyl (C=O) groups is 1. The van der Waals surface area contributed by atoms with Crippen LogP contribution in [0.4, 0.5) is 4.39 Å². The summed E-state index contributed by atoms with van der Waals surface area (Å²) in [7, 11) is 1.32. The van der Waals surface area contributed by atoms with Gasteiger partial charge in [-0.05, 0) is 43.2 Å². The number of pyridine rings is 1. The number of ether oxygens (including phenoxy) is 1. The number of fused-ring (bicyclic) bond motifs is 1. The highest BCUT2D eigenvalue weighted by molar-refractivity contribution is 6.30. The van der Waals surface area contributed by atoms with E-state index in [0.717, 1.165) is 0 Å². The van der Waals surface area contributed by atoms with Crippen LogP contribution in [0.1, 0.15) is 24.0 Å². The van der Waals surface area contributed by atoms with E-state index in [1.165, 1.54) is 19.2 Å². The number of aromatic nitrogens is 1. The van der Waals surface area contributed by atoms with Crippen LogP contribution in [0.25, 0.3) is 10.9 Å². The monoisotopic (exact) mass is 281 g/mol. The zero-order valence-corrected chi connectivity index (χ0v) is 11.6. The highest BCUT2D eigenvalue weighted by atomic mass is 35.5. The number of halogens is 2. The lowest BCUT2D eigenvalue weighted by atomic mass is 9.96. The lowest BCUT2D eigenvalue weighted by Crippen LogP contribution is -2.11. The number of hydrogen-bond acceptors (Lipinski definition) is 3. The Morgan fingerprint density at radius 3 is 2.74 bits per heavy atom. The van der Waals surface area contributed by atoms with Crippen molar-refractivity contribution < 1.29 is 13.9 Å². The molecule has 5 heteroatoms. The Morgan fingerprint density at radius 1 is 1.42 bits per heavy atom. The summed E-state index contributed by atoms with van der Waals surface area (Å²) in [6.45, 7) is 3.44. The molecular formula is C14H13ClFNO2. The van der Waals surface area contributed by atoms with Gasteiger partial charge in [-0.2, -0.15) is 0 Å². The Labute approximate surface area is 115 Å². The largest absolute Gasteiger partial charge is 0.469 e. The van der Waals surface area contributed by atoms with Gasteiger partial charge in [-0.3, -0.25) is 4.79 Å². The van der Waals surface area contributed by atoms with Crippen molar-refractivity contribution in [3.05, 3.63) is 40.3 Å². The molecule has 0 radical (unpaired) electrons. The van der Waals surface area contributed by atoms with Gasteiger partial charge >= 0.3 is 5.97 Å². The topological polar surface area (TPSA) is 39.2 Å². The summed E-state index contributed by atoms with van der Waals surface area (Å²) in [6, 6.07) is 4.32. The molecule has 1 aromatic heterocycles. The predicted molar refractivity (Wildman–Crippen MR) is 71.9 cm³/mol. The summed E-state index contributed by atoms with van der Waals surface area (Å²) in [4.78, 5) is 15.8. The van der Waals surface area contributed by atoms with E-state index < -0.39 is 11.9 Å². The standard InChI is InChI=1S/C14H13ClFNO2/c1-7-4-9(16)5-11-10(8(2)14(18)19-3)6-12(15)17-13(7)11/h4-6,8H,1-3H3. The van der Waals surface area contributed by atoms with Gasteiger partial charge in [0.1, 0.15) is 11.0 Å². The number of hydrogen-bond donors (Lipinski definition) is 0. The summed E-state index contributed by atoms with van der Waals surface area (Å²) in [6.07, 6.45) is 0. The van der Waals surface area contributed by atoms with Crippen molar-refractivity contribution in [1.29, 1.82) is 0 Å². The Balaban J connectivity index is 2.76. The van der Waals surface area contributed by atoms with Crippen LogP contribution in [-0.2, 0) is 9.53 Å². The fraction of sp³-hybridized carbons (Fsp3) is 0.286. The van der Waals surface area contributed by atoms with Gasteiger partial charge in [0.15, 0.2) is 0 Å². The number of nitrogens with zero attached hydrogens (tertiary/aromatic N) is 1. The van der Waals surface area contributed by atoms with E-state index in [1.54, 1.807) is 19.9 Å². The molecule has 2 aromatic rings. The predicted octanol–water partition coefficient (Wildman–Crippen LogP) is 3.61. The van der Waals surface area contributed by atoms with E-state index in [1.807, 2.05) is 0 Å². The molecule has 2 rings (SSSR count). The van der Waals surface area contributed by atoms with Gasteiger partial charge in [-0.1, -0.05) is 11.6 Å². The zero-order valence-electron chi connectivity index (χ0n) is 10.8. The van der Waals surface area contributed by atoms with E-state index in [-0.39, 0.29) is 11.0 Å². The van der Waals surface area contributed by atoms with Crippen LogP contribution in [0, 0.1) is 12.7 Å². The molecule has 0 bridgehead atoms. The van der Waals surface area contributed by atoms with Crippen LogP contribution in [0.3, 0.4) is 0 Å². The van der Waals surface area contributed by atoms with E-state index >= 15 is 0 Å². The van der Waals surface area contributed by atoms with Crippen LogP contribution in [-0.4, -0.2) is 18.1 Å². The van der Waals surface area contributed by atoms with Gasteiger partial charge in [0.05, 0.1) is 18.5 Å². The van der Waals surface area contributed by atoms with Gasteiger partial charge in [0, 0.05) is 5.39 Å². The maximum atomic E-state index is 13.5. The number of aryl methyl sites for hydroxylation is 1. The highest BCUT2D eigenvalue weighted by Crippen LogP contribution is 2.30. The van der Waals surface area contributed by atoms with Gasteiger partial charge in [-0.25, -0.2) is 9.37 Å². The first-order valence-corrected chi connectivity index (χ1v) is 6.16. The Kier molecular flexibility index (Phi) is 3.71. The van der Waals surface area contributed by atoms with Crippen molar-refractivity contribution in [2.24, 2.45) is 0 Å². The molecular weight excluding hydrogens is 269 g/mol. The SMILES string of the molecule is COC(=O)C(C)c1cc(Cl)nc2c(C)cc(F)cc12. The van der Waals surface area contributed by atoms with Gasteiger partial charge in [0.25, 0.3) is 0 Å². The molecule has 1 atom stereocenters. The average Bonchev–Trinajstić information content (AvgIpc) is 2.37. The highest BCUT2D eigenvalue weighted by Gasteiger charge is 2.20. The molecule has 3 nitrogen and oxygen atoms in total. The Bertz CT molecular complexity index is 657. The van der Waals surface area contributed by atoms with E-state index in [0.29, 0.717) is 22.0 Å². The first kappa shape index (κ1) is 13.7. The third-order valence-electron chi connectivity index (χ3n) is 3.09. The van der Waals surface area contributed by atoms with Crippen LogP contribution < -0.4 is 0 Å². The summed E-state index contributed by atoms with van der Waals surface area (Å²) >= 11 is 5.97. The second-order valence-corrected chi connectivity index (χ2v) is 4.79. The Morgan fingerprint density at radius 2 is 2.11 bits per heavy atom. The molecule has 1 aromatic carbocycles. The lowest BCUT2D eigenvalue weighted by Gasteiger charge is -2.14. The lowest BCUT2D eigenvalue weighted by molar-refractivity contribution is -0.141. The molecule has 0 fully saturated rings. The number of carbonyl (C=O) groups excluding carboxylic acids is 1. The third kappa shape index (κ3) is 2.54. The van der Waals surface area contributed by atoms with Crippen LogP contribution in [0.15, 0.2) is 18.2 Å². The molecule has 1 unspecified atom stereocenters. The summed E-state index contributed by atoms with van der Waals surface area (Å²) in [5, 5.41) is 0.854. The first-order valence-electron chi connectivity index (χ1n) is 5.78. The van der Waals surface area contributed by atoms with Crippen molar-refractivity contribution in [1.82, 2.24) is 4.98 Å². The smallest absolute Gasteiger partial charge is 0.312 e. The number of methoxy groups -OCH3 is 1. The van der Waals surface area contributed by atoms with Crippen LogP contribution in [0.2, 0.25) is 5.15 Å². The van der Waals surface area contributed by atoms with Crippen molar-refractivity contribution in [2.45, 2.75) is 19.8 Å². The molecule has 0 aliphatic carbocycles. The minimum atomic E-state index is -0.533. The molecule has 0 aliphatic heterocycles. The molecule has 100 valence electrons. The van der Waals surface area contributed by atoms with E-state index in [2.05, 4.69) is 4.98 Å². The van der Waals surface area contributed by atoms with Crippen LogP contribution in [0.5, 0.6) is 0 Å². The van der Waals surface area contributed by atoms with Gasteiger partial charge in [-0.15, -0.1) is 0 Å². The maximum Gasteiger partial charge on any atom is 0.312 e. The van der Waals surface area contributed by atoms with Crippen molar-refractivity contribution in [2.75, 3.05) is 7.11 Å². The molecule has 0 saturated heterocycles. The average molecular weight is 282 g/mol. The third-order valence-corrected chi connectivity index (χ3v) is 3.28. The maximum absolute atomic E-state index is 13.5. The number of esters is 1. The minimum Gasteiger partial charge on any atom is -0.469 e. The summed E-state index contributed by atoms with van der Waals surface area (Å²) < 4.78 is 18.3. The second-order valence-electron chi connectivity index (χ2n) is 4.40. The summed E-state index contributed by atoms with van der Waals surface area (Å²) in [5.74, 6) is -1.30. The molecule has 19 heavy (non-hydrogen) atoms. The fourth-order valence-electron chi connectivity index (χ4n) is 2.11. The quantitative estimate of drug-likeness (QED) is 0.623. The molecule has 1 heterocycles. The van der Waals surface area contributed by atoms with Crippen molar-refractivity contribution in [3.8, 4) is 0 Å². The number of benzene rings is 1. The molecule has 0 amide bonds. The molecule has 0 saturated carbocycles. The minimum absolute atomic E-state index is 0.271.